The molecule has 4 heterocycles. The van der Waals surface area contributed by atoms with Crippen LogP contribution in [0.2, 0.25) is 0 Å². The lowest BCUT2D eigenvalue weighted by molar-refractivity contribution is 0.189. The molecule has 0 spiro atoms. The third-order valence-electron chi connectivity index (χ3n) is 3.67. The molecule has 2 N–H and O–H groups in total. The zero-order valence-electron chi connectivity index (χ0n) is 13.6. The van der Waals surface area contributed by atoms with Gasteiger partial charge in [0.25, 0.3) is 0 Å². The molecule has 0 saturated carbocycles. The van der Waals surface area contributed by atoms with Gasteiger partial charge in [0, 0.05) is 26.5 Å². The van der Waals surface area contributed by atoms with Crippen LogP contribution in [0.3, 0.4) is 0 Å². The smallest absolute Gasteiger partial charge is 0.172 e. The number of fused-ring (bicyclic) bond motifs is 1. The Morgan fingerprint density at radius 3 is 3.12 bits per heavy atom. The molecule has 0 radical (unpaired) electrons. The van der Waals surface area contributed by atoms with Crippen LogP contribution in [0.5, 0.6) is 0 Å². The highest BCUT2D eigenvalue weighted by molar-refractivity contribution is 7.13. The molecule has 0 amide bonds. The minimum absolute atomic E-state index is 0.680. The molecule has 128 valence electrons. The summed E-state index contributed by atoms with van der Waals surface area (Å²) < 4.78 is 6.95. The SMILES string of the molecule is COCCCn1cc(Nc2nc(-c3cccs3)nc3cn[nH]c23)cn1. The van der Waals surface area contributed by atoms with E-state index >= 15 is 0 Å². The maximum Gasteiger partial charge on any atom is 0.172 e. The standard InChI is InChI=1S/C16H17N7OS/c1-24-6-3-5-23-10-11(8-18-23)19-16-14-12(9-17-22-14)20-15(21-16)13-4-2-7-25-13/h2,4,7-10H,3,5-6H2,1H3,(H,17,22)(H,19,20,21). The molecule has 0 aliphatic carbocycles. The van der Waals surface area contributed by atoms with Gasteiger partial charge in [0.1, 0.15) is 11.0 Å². The number of thiophene rings is 1. The van der Waals surface area contributed by atoms with Crippen molar-refractivity contribution in [3.8, 4) is 10.7 Å². The summed E-state index contributed by atoms with van der Waals surface area (Å²) >= 11 is 1.61. The van der Waals surface area contributed by atoms with E-state index in [4.69, 9.17) is 4.74 Å². The van der Waals surface area contributed by atoms with Crippen LogP contribution >= 0.6 is 11.3 Å². The van der Waals surface area contributed by atoms with Crippen LogP contribution in [-0.2, 0) is 11.3 Å². The fourth-order valence-corrected chi connectivity index (χ4v) is 3.16. The Morgan fingerprint density at radius 2 is 2.28 bits per heavy atom. The lowest BCUT2D eigenvalue weighted by atomic mass is 10.3. The van der Waals surface area contributed by atoms with Gasteiger partial charge in [-0.15, -0.1) is 11.3 Å². The number of aromatic amines is 1. The summed E-state index contributed by atoms with van der Waals surface area (Å²) in [4.78, 5) is 10.2. The molecule has 0 unspecified atom stereocenters. The summed E-state index contributed by atoms with van der Waals surface area (Å²) in [5.41, 5.74) is 2.41. The predicted molar refractivity (Wildman–Crippen MR) is 97.0 cm³/mol. The number of methoxy groups -OCH3 is 1. The van der Waals surface area contributed by atoms with Gasteiger partial charge < -0.3 is 10.1 Å². The molecule has 0 fully saturated rings. The molecular weight excluding hydrogens is 338 g/mol. The quantitative estimate of drug-likeness (QED) is 0.495. The van der Waals surface area contributed by atoms with E-state index in [0.29, 0.717) is 18.2 Å². The number of hydrogen-bond acceptors (Lipinski definition) is 7. The topological polar surface area (TPSA) is 93.5 Å². The summed E-state index contributed by atoms with van der Waals surface area (Å²) in [6, 6.07) is 3.99. The Bertz CT molecular complexity index is 960. The highest BCUT2D eigenvalue weighted by Gasteiger charge is 2.12. The van der Waals surface area contributed by atoms with Crippen molar-refractivity contribution in [2.45, 2.75) is 13.0 Å². The molecule has 0 atom stereocenters. The third-order valence-corrected chi connectivity index (χ3v) is 4.54. The van der Waals surface area contributed by atoms with Gasteiger partial charge in [-0.05, 0) is 17.9 Å². The number of hydrogen-bond donors (Lipinski definition) is 2. The molecule has 4 aromatic heterocycles. The lowest BCUT2D eigenvalue weighted by Gasteiger charge is -2.06. The first kappa shape index (κ1) is 15.7. The largest absolute Gasteiger partial charge is 0.385 e. The van der Waals surface area contributed by atoms with Crippen molar-refractivity contribution in [3.63, 3.8) is 0 Å². The van der Waals surface area contributed by atoms with Gasteiger partial charge in [0.15, 0.2) is 11.6 Å². The van der Waals surface area contributed by atoms with Crippen molar-refractivity contribution >= 4 is 33.9 Å². The number of aromatic nitrogens is 6. The van der Waals surface area contributed by atoms with Crippen molar-refractivity contribution in [2.75, 3.05) is 19.0 Å². The fraction of sp³-hybridized carbons (Fsp3) is 0.250. The van der Waals surface area contributed by atoms with E-state index in [1.165, 1.54) is 0 Å². The van der Waals surface area contributed by atoms with E-state index in [-0.39, 0.29) is 0 Å². The molecule has 0 bridgehead atoms. The summed E-state index contributed by atoms with van der Waals surface area (Å²) in [5, 5.41) is 16.7. The van der Waals surface area contributed by atoms with E-state index in [2.05, 4.69) is 30.6 Å². The number of rotatable bonds is 7. The Labute approximate surface area is 147 Å². The van der Waals surface area contributed by atoms with Crippen LogP contribution in [0.1, 0.15) is 6.42 Å². The van der Waals surface area contributed by atoms with Crippen LogP contribution in [0.15, 0.2) is 36.1 Å². The van der Waals surface area contributed by atoms with E-state index in [1.54, 1.807) is 30.8 Å². The Kier molecular flexibility index (Phi) is 4.40. The summed E-state index contributed by atoms with van der Waals surface area (Å²) in [7, 11) is 1.70. The number of ether oxygens (including phenoxy) is 1. The molecule has 25 heavy (non-hydrogen) atoms. The van der Waals surface area contributed by atoms with Crippen LogP contribution in [0.4, 0.5) is 11.5 Å². The van der Waals surface area contributed by atoms with Crippen LogP contribution in [0.25, 0.3) is 21.7 Å². The Hall–Kier alpha value is -2.78. The van der Waals surface area contributed by atoms with E-state index in [0.717, 1.165) is 34.6 Å². The van der Waals surface area contributed by atoms with Gasteiger partial charge in [0.2, 0.25) is 0 Å². The molecule has 0 aromatic carbocycles. The van der Waals surface area contributed by atoms with Crippen LogP contribution < -0.4 is 5.32 Å². The van der Waals surface area contributed by atoms with Crippen LogP contribution in [0, 0.1) is 0 Å². The fourth-order valence-electron chi connectivity index (χ4n) is 2.50. The monoisotopic (exact) mass is 355 g/mol. The van der Waals surface area contributed by atoms with E-state index in [9.17, 15) is 0 Å². The first-order valence-corrected chi connectivity index (χ1v) is 8.75. The van der Waals surface area contributed by atoms with Gasteiger partial charge in [-0.25, -0.2) is 9.97 Å². The third kappa shape index (κ3) is 3.37. The van der Waals surface area contributed by atoms with Gasteiger partial charge >= 0.3 is 0 Å². The van der Waals surface area contributed by atoms with Gasteiger partial charge in [-0.2, -0.15) is 10.2 Å². The minimum atomic E-state index is 0.680. The lowest BCUT2D eigenvalue weighted by Crippen LogP contribution is -2.01. The zero-order valence-corrected chi connectivity index (χ0v) is 14.5. The molecule has 4 aromatic rings. The maximum absolute atomic E-state index is 5.07. The average molecular weight is 355 g/mol. The highest BCUT2D eigenvalue weighted by atomic mass is 32.1. The minimum Gasteiger partial charge on any atom is -0.385 e. The summed E-state index contributed by atoms with van der Waals surface area (Å²) in [6.45, 7) is 1.52. The molecular formula is C16H17N7OS. The van der Waals surface area contributed by atoms with Crippen molar-refractivity contribution in [3.05, 3.63) is 36.1 Å². The van der Waals surface area contributed by atoms with Gasteiger partial charge in [-0.1, -0.05) is 6.07 Å². The molecule has 0 aliphatic heterocycles. The Balaban J connectivity index is 1.61. The number of nitrogens with zero attached hydrogens (tertiary/aromatic N) is 5. The van der Waals surface area contributed by atoms with Crippen LogP contribution in [-0.4, -0.2) is 43.7 Å². The normalized spacial score (nSPS) is 11.2. The summed E-state index contributed by atoms with van der Waals surface area (Å²) in [6.07, 6.45) is 6.35. The van der Waals surface area contributed by atoms with Gasteiger partial charge in [-0.3, -0.25) is 9.78 Å². The second-order valence-corrected chi connectivity index (χ2v) is 6.41. The van der Waals surface area contributed by atoms with Gasteiger partial charge in [0.05, 0.1) is 23.0 Å². The molecule has 4 rings (SSSR count). The van der Waals surface area contributed by atoms with Crippen molar-refractivity contribution < 1.29 is 4.74 Å². The van der Waals surface area contributed by atoms with E-state index < -0.39 is 0 Å². The van der Waals surface area contributed by atoms with Crippen molar-refractivity contribution in [2.24, 2.45) is 0 Å². The van der Waals surface area contributed by atoms with E-state index in [1.807, 2.05) is 28.4 Å². The number of H-pyrrole nitrogens is 1. The zero-order chi connectivity index (χ0) is 17.1. The first-order valence-electron chi connectivity index (χ1n) is 7.87. The number of anilines is 2. The molecule has 0 aliphatic rings. The van der Waals surface area contributed by atoms with Crippen molar-refractivity contribution in [1.82, 2.24) is 29.9 Å². The maximum atomic E-state index is 5.07. The average Bonchev–Trinajstić information content (AvgIpc) is 3.36. The highest BCUT2D eigenvalue weighted by Crippen LogP contribution is 2.27. The number of aryl methyl sites for hydroxylation is 1. The second-order valence-electron chi connectivity index (χ2n) is 5.47. The number of nitrogens with one attached hydrogen (secondary N) is 2. The Morgan fingerprint density at radius 1 is 1.32 bits per heavy atom. The van der Waals surface area contributed by atoms with Crippen molar-refractivity contribution in [1.29, 1.82) is 0 Å². The molecule has 0 saturated heterocycles. The molecule has 8 nitrogen and oxygen atoms in total. The second kappa shape index (κ2) is 6.99. The molecule has 9 heteroatoms. The first-order chi connectivity index (χ1) is 12.3. The summed E-state index contributed by atoms with van der Waals surface area (Å²) in [5.74, 6) is 1.36. The predicted octanol–water partition coefficient (Wildman–Crippen LogP) is 3.06.